The largest absolute Gasteiger partial charge is 0.492 e. The first-order valence-corrected chi connectivity index (χ1v) is 8.85. The summed E-state index contributed by atoms with van der Waals surface area (Å²) in [6.07, 6.45) is 0. The number of carbonyl (C=O) groups is 2. The van der Waals surface area contributed by atoms with E-state index in [0.29, 0.717) is 29.3 Å². The van der Waals surface area contributed by atoms with Crippen molar-refractivity contribution in [1.82, 2.24) is 10.8 Å². The van der Waals surface area contributed by atoms with Gasteiger partial charge in [0.15, 0.2) is 0 Å². The third kappa shape index (κ3) is 3.84. The molecule has 0 spiro atoms. The third-order valence-corrected chi connectivity index (χ3v) is 5.20. The molecule has 0 fully saturated rings. The Morgan fingerprint density at radius 1 is 1.08 bits per heavy atom. The summed E-state index contributed by atoms with van der Waals surface area (Å²) in [7, 11) is 0. The van der Waals surface area contributed by atoms with Crippen LogP contribution in [0.25, 0.3) is 10.1 Å². The summed E-state index contributed by atoms with van der Waals surface area (Å²) in [5, 5.41) is 12.5. The molecule has 7 heteroatoms. The molecule has 1 heterocycles. The number of rotatable bonds is 6. The SMILES string of the molecule is Cc1c(C(=O)NCCOc2ccc(C(=O)NO)cc2)sc2ccccc12. The zero-order chi connectivity index (χ0) is 18.5. The molecule has 0 saturated heterocycles. The van der Waals surface area contributed by atoms with Gasteiger partial charge in [0.2, 0.25) is 0 Å². The molecule has 3 rings (SSSR count). The van der Waals surface area contributed by atoms with Crippen LogP contribution >= 0.6 is 11.3 Å². The normalized spacial score (nSPS) is 10.5. The van der Waals surface area contributed by atoms with Crippen molar-refractivity contribution in [3.8, 4) is 5.75 Å². The number of ether oxygens (including phenoxy) is 1. The van der Waals surface area contributed by atoms with E-state index in [2.05, 4.69) is 5.32 Å². The Labute approximate surface area is 154 Å². The molecule has 3 N–H and O–H groups in total. The monoisotopic (exact) mass is 370 g/mol. The smallest absolute Gasteiger partial charge is 0.274 e. The van der Waals surface area contributed by atoms with E-state index in [9.17, 15) is 9.59 Å². The fraction of sp³-hybridized carbons (Fsp3) is 0.158. The predicted octanol–water partition coefficient (Wildman–Crippen LogP) is 3.14. The average molecular weight is 370 g/mol. The maximum absolute atomic E-state index is 12.4. The molecule has 2 aromatic carbocycles. The van der Waals surface area contributed by atoms with Gasteiger partial charge in [-0.25, -0.2) is 5.48 Å². The molecule has 0 radical (unpaired) electrons. The van der Waals surface area contributed by atoms with Crippen LogP contribution in [0.15, 0.2) is 48.5 Å². The Morgan fingerprint density at radius 2 is 1.81 bits per heavy atom. The van der Waals surface area contributed by atoms with Crippen molar-refractivity contribution in [2.24, 2.45) is 0 Å². The van der Waals surface area contributed by atoms with Gasteiger partial charge in [0.05, 0.1) is 11.4 Å². The first-order chi connectivity index (χ1) is 12.6. The van der Waals surface area contributed by atoms with E-state index in [1.165, 1.54) is 11.3 Å². The minimum absolute atomic E-state index is 0.109. The summed E-state index contributed by atoms with van der Waals surface area (Å²) in [5.74, 6) is -0.114. The summed E-state index contributed by atoms with van der Waals surface area (Å²) in [5.41, 5.74) is 2.88. The van der Waals surface area contributed by atoms with Gasteiger partial charge in [0.1, 0.15) is 12.4 Å². The molecule has 134 valence electrons. The molecule has 0 atom stereocenters. The number of fused-ring (bicyclic) bond motifs is 1. The molecule has 0 unspecified atom stereocenters. The zero-order valence-corrected chi connectivity index (χ0v) is 14.9. The van der Waals surface area contributed by atoms with E-state index in [4.69, 9.17) is 9.94 Å². The summed E-state index contributed by atoms with van der Waals surface area (Å²) in [6, 6.07) is 14.3. The average Bonchev–Trinajstić information content (AvgIpc) is 3.02. The van der Waals surface area contributed by atoms with Crippen LogP contribution < -0.4 is 15.5 Å². The van der Waals surface area contributed by atoms with Crippen molar-refractivity contribution in [3.63, 3.8) is 0 Å². The van der Waals surface area contributed by atoms with Gasteiger partial charge in [-0.3, -0.25) is 14.8 Å². The summed E-state index contributed by atoms with van der Waals surface area (Å²) >= 11 is 1.48. The Balaban J connectivity index is 1.52. The van der Waals surface area contributed by atoms with Gasteiger partial charge >= 0.3 is 0 Å². The highest BCUT2D eigenvalue weighted by Crippen LogP contribution is 2.30. The molecule has 0 aliphatic rings. The van der Waals surface area contributed by atoms with Crippen LogP contribution in [0.2, 0.25) is 0 Å². The predicted molar refractivity (Wildman–Crippen MR) is 100 cm³/mol. The van der Waals surface area contributed by atoms with Gasteiger partial charge < -0.3 is 10.1 Å². The molecule has 1 aromatic heterocycles. The van der Waals surface area contributed by atoms with Crippen molar-refractivity contribution < 1.29 is 19.5 Å². The number of nitrogens with one attached hydrogen (secondary N) is 2. The molecule has 0 aliphatic heterocycles. The van der Waals surface area contributed by atoms with Gasteiger partial charge in [0.25, 0.3) is 11.8 Å². The number of aryl methyl sites for hydroxylation is 1. The maximum atomic E-state index is 12.4. The Hall–Kier alpha value is -2.90. The number of hydroxylamine groups is 1. The second kappa shape index (κ2) is 7.99. The van der Waals surface area contributed by atoms with Crippen LogP contribution in [-0.2, 0) is 0 Å². The molecule has 0 saturated carbocycles. The number of hydrogen-bond acceptors (Lipinski definition) is 5. The van der Waals surface area contributed by atoms with Crippen molar-refractivity contribution in [2.45, 2.75) is 6.92 Å². The van der Waals surface area contributed by atoms with Crippen LogP contribution in [0.1, 0.15) is 25.6 Å². The highest BCUT2D eigenvalue weighted by atomic mass is 32.1. The number of amides is 2. The molecule has 0 aliphatic carbocycles. The van der Waals surface area contributed by atoms with E-state index in [0.717, 1.165) is 15.6 Å². The fourth-order valence-electron chi connectivity index (χ4n) is 2.57. The number of thiophene rings is 1. The fourth-order valence-corrected chi connectivity index (χ4v) is 3.70. The standard InChI is InChI=1S/C19H18N2O4S/c1-12-15-4-2-3-5-16(15)26-17(12)19(23)20-10-11-25-14-8-6-13(7-9-14)18(22)21-24/h2-9,24H,10-11H2,1H3,(H,20,23)(H,21,22). The van der Waals surface area contributed by atoms with E-state index in [1.807, 2.05) is 31.2 Å². The van der Waals surface area contributed by atoms with Crippen LogP contribution in [0, 0.1) is 6.92 Å². The highest BCUT2D eigenvalue weighted by Gasteiger charge is 2.14. The second-order valence-corrected chi connectivity index (χ2v) is 6.67. The lowest BCUT2D eigenvalue weighted by atomic mass is 10.1. The van der Waals surface area contributed by atoms with E-state index < -0.39 is 5.91 Å². The highest BCUT2D eigenvalue weighted by molar-refractivity contribution is 7.21. The summed E-state index contributed by atoms with van der Waals surface area (Å²) in [6.45, 7) is 2.63. The molecular weight excluding hydrogens is 352 g/mol. The summed E-state index contributed by atoms with van der Waals surface area (Å²) in [4.78, 5) is 24.3. The molecule has 6 nitrogen and oxygen atoms in total. The minimum atomic E-state index is -0.581. The Bertz CT molecular complexity index is 934. The van der Waals surface area contributed by atoms with Crippen molar-refractivity contribution in [2.75, 3.05) is 13.2 Å². The maximum Gasteiger partial charge on any atom is 0.274 e. The Kier molecular flexibility index (Phi) is 5.50. The van der Waals surface area contributed by atoms with Gasteiger partial charge in [-0.2, -0.15) is 0 Å². The quantitative estimate of drug-likeness (QED) is 0.353. The van der Waals surface area contributed by atoms with E-state index in [-0.39, 0.29) is 5.91 Å². The lowest BCUT2D eigenvalue weighted by molar-refractivity contribution is 0.0706. The van der Waals surface area contributed by atoms with Crippen molar-refractivity contribution >= 4 is 33.2 Å². The Morgan fingerprint density at radius 3 is 2.50 bits per heavy atom. The van der Waals surface area contributed by atoms with Crippen LogP contribution in [0.5, 0.6) is 5.75 Å². The van der Waals surface area contributed by atoms with Crippen molar-refractivity contribution in [1.29, 1.82) is 0 Å². The third-order valence-electron chi connectivity index (χ3n) is 3.92. The van der Waals surface area contributed by atoms with Gasteiger partial charge in [-0.1, -0.05) is 18.2 Å². The van der Waals surface area contributed by atoms with E-state index in [1.54, 1.807) is 29.7 Å². The summed E-state index contributed by atoms with van der Waals surface area (Å²) < 4.78 is 6.64. The molecular formula is C19H18N2O4S. The molecule has 3 aromatic rings. The number of hydrogen-bond donors (Lipinski definition) is 3. The lowest BCUT2D eigenvalue weighted by Crippen LogP contribution is -2.27. The van der Waals surface area contributed by atoms with Crippen LogP contribution in [-0.4, -0.2) is 30.2 Å². The zero-order valence-electron chi connectivity index (χ0n) is 14.1. The topological polar surface area (TPSA) is 87.7 Å². The van der Waals surface area contributed by atoms with Gasteiger partial charge in [-0.15, -0.1) is 11.3 Å². The lowest BCUT2D eigenvalue weighted by Gasteiger charge is -2.08. The van der Waals surface area contributed by atoms with E-state index >= 15 is 0 Å². The van der Waals surface area contributed by atoms with Crippen LogP contribution in [0.3, 0.4) is 0 Å². The van der Waals surface area contributed by atoms with Gasteiger partial charge in [-0.05, 0) is 48.2 Å². The minimum Gasteiger partial charge on any atom is -0.492 e. The molecule has 26 heavy (non-hydrogen) atoms. The second-order valence-electron chi connectivity index (χ2n) is 5.62. The molecule has 2 amide bonds. The van der Waals surface area contributed by atoms with Crippen LogP contribution in [0.4, 0.5) is 0 Å². The van der Waals surface area contributed by atoms with Gasteiger partial charge in [0, 0.05) is 10.3 Å². The number of carbonyl (C=O) groups excluding carboxylic acids is 2. The number of benzene rings is 2. The van der Waals surface area contributed by atoms with Crippen molar-refractivity contribution in [3.05, 3.63) is 64.5 Å². The first-order valence-electron chi connectivity index (χ1n) is 8.04. The first kappa shape index (κ1) is 17.9. The molecule has 0 bridgehead atoms.